The highest BCUT2D eigenvalue weighted by atomic mass is 16.4. The number of anilines is 1. The van der Waals surface area contributed by atoms with Crippen molar-refractivity contribution in [2.24, 2.45) is 0 Å². The van der Waals surface area contributed by atoms with Gasteiger partial charge in [-0.1, -0.05) is 29.8 Å². The molecule has 0 aliphatic heterocycles. The first-order valence-corrected chi connectivity index (χ1v) is 8.02. The van der Waals surface area contributed by atoms with E-state index in [1.54, 1.807) is 0 Å². The Hall–Kier alpha value is -2.55. The summed E-state index contributed by atoms with van der Waals surface area (Å²) in [6.07, 6.45) is 0. The van der Waals surface area contributed by atoms with Crippen LogP contribution in [0.1, 0.15) is 19.4 Å². The van der Waals surface area contributed by atoms with Crippen LogP contribution in [0.2, 0.25) is 0 Å². The summed E-state index contributed by atoms with van der Waals surface area (Å²) in [5, 5.41) is 0.942. The fourth-order valence-corrected chi connectivity index (χ4v) is 2.90. The first-order valence-electron chi connectivity index (χ1n) is 8.02. The van der Waals surface area contributed by atoms with Crippen LogP contribution in [-0.2, 0) is 0 Å². The fourth-order valence-electron chi connectivity index (χ4n) is 2.90. The molecule has 0 radical (unpaired) electrons. The summed E-state index contributed by atoms with van der Waals surface area (Å²) in [6, 6.07) is 15.9. The average molecular weight is 307 g/mol. The monoisotopic (exact) mass is 307 g/mol. The van der Waals surface area contributed by atoms with E-state index in [1.165, 1.54) is 0 Å². The molecule has 3 heteroatoms. The predicted molar refractivity (Wildman–Crippen MR) is 96.2 cm³/mol. The molecule has 3 nitrogen and oxygen atoms in total. The Morgan fingerprint density at radius 1 is 1.00 bits per heavy atom. The van der Waals surface area contributed by atoms with Crippen LogP contribution in [0.3, 0.4) is 0 Å². The van der Waals surface area contributed by atoms with Gasteiger partial charge in [-0.05, 0) is 44.5 Å². The summed E-state index contributed by atoms with van der Waals surface area (Å²) in [5.41, 5.74) is 4.05. The number of rotatable bonds is 4. The van der Waals surface area contributed by atoms with Gasteiger partial charge in [-0.3, -0.25) is 0 Å². The van der Waals surface area contributed by atoms with Crippen LogP contribution in [0.25, 0.3) is 22.1 Å². The van der Waals surface area contributed by atoms with Gasteiger partial charge in [-0.25, -0.2) is 4.79 Å². The average Bonchev–Trinajstić information content (AvgIpc) is 2.55. The summed E-state index contributed by atoms with van der Waals surface area (Å²) < 4.78 is 5.58. The molecule has 0 aliphatic carbocycles. The van der Waals surface area contributed by atoms with Crippen molar-refractivity contribution in [1.29, 1.82) is 0 Å². The van der Waals surface area contributed by atoms with E-state index in [9.17, 15) is 4.79 Å². The lowest BCUT2D eigenvalue weighted by Crippen LogP contribution is -2.21. The zero-order valence-corrected chi connectivity index (χ0v) is 13.8. The van der Waals surface area contributed by atoms with Gasteiger partial charge in [0.1, 0.15) is 5.58 Å². The first-order chi connectivity index (χ1) is 11.1. The van der Waals surface area contributed by atoms with Gasteiger partial charge in [0.15, 0.2) is 0 Å². The van der Waals surface area contributed by atoms with Crippen LogP contribution in [0.15, 0.2) is 57.7 Å². The van der Waals surface area contributed by atoms with Crippen LogP contribution in [0, 0.1) is 6.92 Å². The zero-order valence-electron chi connectivity index (χ0n) is 13.8. The molecule has 0 fully saturated rings. The smallest absolute Gasteiger partial charge is 0.344 e. The fraction of sp³-hybridized carbons (Fsp3) is 0.250. The Bertz CT molecular complexity index is 892. The van der Waals surface area contributed by atoms with E-state index in [0.717, 1.165) is 35.3 Å². The molecular formula is C20H21NO2. The molecule has 3 rings (SSSR count). The molecule has 1 heterocycles. The second-order valence-electron chi connectivity index (χ2n) is 5.71. The summed E-state index contributed by atoms with van der Waals surface area (Å²) >= 11 is 0. The summed E-state index contributed by atoms with van der Waals surface area (Å²) in [7, 11) is 0. The van der Waals surface area contributed by atoms with Crippen molar-refractivity contribution in [3.63, 3.8) is 0 Å². The molecule has 0 N–H and O–H groups in total. The maximum absolute atomic E-state index is 12.4. The van der Waals surface area contributed by atoms with Crippen molar-refractivity contribution in [2.45, 2.75) is 20.8 Å². The number of aryl methyl sites for hydroxylation is 1. The van der Waals surface area contributed by atoms with Crippen LogP contribution in [-0.4, -0.2) is 13.1 Å². The maximum Gasteiger partial charge on any atom is 0.344 e. The minimum Gasteiger partial charge on any atom is -0.422 e. The highest BCUT2D eigenvalue weighted by Crippen LogP contribution is 2.25. The van der Waals surface area contributed by atoms with E-state index < -0.39 is 0 Å². The summed E-state index contributed by atoms with van der Waals surface area (Å²) in [5.74, 6) is 0. The van der Waals surface area contributed by atoms with E-state index in [-0.39, 0.29) is 5.63 Å². The van der Waals surface area contributed by atoms with E-state index in [4.69, 9.17) is 4.42 Å². The molecule has 2 aromatic carbocycles. The normalized spacial score (nSPS) is 10.9. The molecular weight excluding hydrogens is 286 g/mol. The van der Waals surface area contributed by atoms with Gasteiger partial charge in [0.25, 0.3) is 0 Å². The predicted octanol–water partition coefficient (Wildman–Crippen LogP) is 4.61. The summed E-state index contributed by atoms with van der Waals surface area (Å²) in [4.78, 5) is 14.6. The second-order valence-corrected chi connectivity index (χ2v) is 5.71. The molecule has 118 valence electrons. The second kappa shape index (κ2) is 6.29. The highest BCUT2D eigenvalue weighted by molar-refractivity contribution is 5.84. The quantitative estimate of drug-likeness (QED) is 0.660. The number of hydrogen-bond acceptors (Lipinski definition) is 3. The van der Waals surface area contributed by atoms with Crippen LogP contribution < -0.4 is 10.5 Å². The minimum absolute atomic E-state index is 0.292. The molecule has 0 saturated heterocycles. The molecule has 1 aromatic heterocycles. The van der Waals surface area contributed by atoms with E-state index in [1.807, 2.05) is 49.4 Å². The number of benzene rings is 2. The van der Waals surface area contributed by atoms with Crippen molar-refractivity contribution in [2.75, 3.05) is 18.0 Å². The van der Waals surface area contributed by atoms with Crippen molar-refractivity contribution >= 4 is 16.7 Å². The third-order valence-corrected chi connectivity index (χ3v) is 4.18. The van der Waals surface area contributed by atoms with Gasteiger partial charge < -0.3 is 9.32 Å². The van der Waals surface area contributed by atoms with Gasteiger partial charge in [0.2, 0.25) is 0 Å². The maximum atomic E-state index is 12.4. The van der Waals surface area contributed by atoms with Gasteiger partial charge in [-0.15, -0.1) is 0 Å². The molecule has 0 bridgehead atoms. The third-order valence-electron chi connectivity index (χ3n) is 4.18. The van der Waals surface area contributed by atoms with Gasteiger partial charge in [-0.2, -0.15) is 0 Å². The van der Waals surface area contributed by atoms with Crippen LogP contribution in [0.4, 0.5) is 5.69 Å². The van der Waals surface area contributed by atoms with E-state index >= 15 is 0 Å². The largest absolute Gasteiger partial charge is 0.422 e. The minimum atomic E-state index is -0.292. The Kier molecular flexibility index (Phi) is 4.20. The van der Waals surface area contributed by atoms with E-state index in [0.29, 0.717) is 11.1 Å². The summed E-state index contributed by atoms with van der Waals surface area (Å²) in [6.45, 7) is 8.10. The lowest BCUT2D eigenvalue weighted by Gasteiger charge is -2.21. The van der Waals surface area contributed by atoms with Gasteiger partial charge >= 0.3 is 5.63 Å². The molecule has 0 atom stereocenters. The van der Waals surface area contributed by atoms with Crippen molar-refractivity contribution in [3.05, 3.63) is 64.5 Å². The zero-order chi connectivity index (χ0) is 16.4. The molecule has 0 aliphatic rings. The Morgan fingerprint density at radius 2 is 1.78 bits per heavy atom. The van der Waals surface area contributed by atoms with Crippen molar-refractivity contribution < 1.29 is 4.42 Å². The van der Waals surface area contributed by atoms with E-state index in [2.05, 4.69) is 24.8 Å². The van der Waals surface area contributed by atoms with Crippen LogP contribution in [0.5, 0.6) is 0 Å². The lowest BCUT2D eigenvalue weighted by molar-refractivity contribution is 0.563. The molecule has 3 aromatic rings. The lowest BCUT2D eigenvalue weighted by atomic mass is 10.0. The first kappa shape index (κ1) is 15.3. The number of hydrogen-bond donors (Lipinski definition) is 0. The third kappa shape index (κ3) is 3.00. The van der Waals surface area contributed by atoms with Gasteiger partial charge in [0, 0.05) is 30.2 Å². The SMILES string of the molecule is CCN(CC)c1ccc2cc(-c3cccc(C)c3)c(=O)oc2c1. The number of nitrogens with zero attached hydrogens (tertiary/aromatic N) is 1. The highest BCUT2D eigenvalue weighted by Gasteiger charge is 2.10. The Morgan fingerprint density at radius 3 is 2.48 bits per heavy atom. The molecule has 0 spiro atoms. The molecule has 0 saturated carbocycles. The topological polar surface area (TPSA) is 33.5 Å². The number of fused-ring (bicyclic) bond motifs is 1. The molecule has 23 heavy (non-hydrogen) atoms. The molecule has 0 amide bonds. The Labute approximate surface area is 136 Å². The van der Waals surface area contributed by atoms with Crippen LogP contribution >= 0.6 is 0 Å². The standard InChI is InChI=1S/C20H21NO2/c1-4-21(5-2)17-10-9-16-12-18(20(22)23-19(16)13-17)15-8-6-7-14(3)11-15/h6-13H,4-5H2,1-3H3. The van der Waals surface area contributed by atoms with Crippen molar-refractivity contribution in [1.82, 2.24) is 0 Å². The Balaban J connectivity index is 2.13. The van der Waals surface area contributed by atoms with Crippen molar-refractivity contribution in [3.8, 4) is 11.1 Å². The molecule has 0 unspecified atom stereocenters. The van der Waals surface area contributed by atoms with Gasteiger partial charge in [0.05, 0.1) is 5.56 Å².